The summed E-state index contributed by atoms with van der Waals surface area (Å²) in [5.74, 6) is -0.266. The van der Waals surface area contributed by atoms with Crippen LogP contribution >= 0.6 is 0 Å². The molecule has 0 aliphatic carbocycles. The lowest BCUT2D eigenvalue weighted by molar-refractivity contribution is -0.137. The van der Waals surface area contributed by atoms with E-state index in [2.05, 4.69) is 10.6 Å². The number of hydrogen-bond acceptors (Lipinski definition) is 3. The minimum atomic E-state index is -0.919. The van der Waals surface area contributed by atoms with Gasteiger partial charge in [-0.15, -0.1) is 0 Å². The van der Waals surface area contributed by atoms with Crippen LogP contribution in [0.5, 0.6) is 0 Å². The largest absolute Gasteiger partial charge is 0.481 e. The van der Waals surface area contributed by atoms with Gasteiger partial charge in [-0.3, -0.25) is 4.79 Å². The van der Waals surface area contributed by atoms with Crippen LogP contribution in [0, 0.1) is 0 Å². The molecule has 1 heterocycles. The number of aliphatic carboxylic acids is 1. The Labute approximate surface area is 112 Å². The predicted molar refractivity (Wildman–Crippen MR) is 69.7 cm³/mol. The lowest BCUT2D eigenvalue weighted by atomic mass is 10.1. The highest BCUT2D eigenvalue weighted by Crippen LogP contribution is 2.12. The highest BCUT2D eigenvalue weighted by molar-refractivity contribution is 5.76. The number of furan rings is 1. The van der Waals surface area contributed by atoms with Gasteiger partial charge in [0.05, 0.1) is 18.7 Å². The molecule has 0 bridgehead atoms. The van der Waals surface area contributed by atoms with Crippen molar-refractivity contribution >= 4 is 12.0 Å². The van der Waals surface area contributed by atoms with Crippen molar-refractivity contribution in [3.8, 4) is 0 Å². The van der Waals surface area contributed by atoms with Crippen LogP contribution in [-0.2, 0) is 4.79 Å². The molecule has 19 heavy (non-hydrogen) atoms. The Balaban J connectivity index is 2.45. The summed E-state index contributed by atoms with van der Waals surface area (Å²) in [5, 5.41) is 14.1. The highest BCUT2D eigenvalue weighted by atomic mass is 16.4. The fraction of sp³-hybridized carbons (Fsp3) is 0.538. The molecule has 2 amide bonds. The molecule has 0 radical (unpaired) electrons. The van der Waals surface area contributed by atoms with Crippen LogP contribution in [0.4, 0.5) is 4.79 Å². The van der Waals surface area contributed by atoms with E-state index in [0.717, 1.165) is 6.42 Å². The van der Waals surface area contributed by atoms with Gasteiger partial charge < -0.3 is 20.2 Å². The number of carbonyl (C=O) groups excluding carboxylic acids is 1. The SMILES string of the molecule is CCCC(CC(=O)O)NC(=O)NC(C)c1ccco1. The van der Waals surface area contributed by atoms with Gasteiger partial charge in [0.15, 0.2) is 0 Å². The van der Waals surface area contributed by atoms with E-state index < -0.39 is 5.97 Å². The fourth-order valence-corrected chi connectivity index (χ4v) is 1.82. The Bertz CT molecular complexity index is 403. The van der Waals surface area contributed by atoms with Gasteiger partial charge in [0, 0.05) is 6.04 Å². The second-order valence-corrected chi connectivity index (χ2v) is 4.44. The van der Waals surface area contributed by atoms with Gasteiger partial charge in [-0.1, -0.05) is 13.3 Å². The van der Waals surface area contributed by atoms with E-state index in [-0.39, 0.29) is 24.5 Å². The third-order valence-electron chi connectivity index (χ3n) is 2.71. The van der Waals surface area contributed by atoms with Crippen LogP contribution in [0.25, 0.3) is 0 Å². The van der Waals surface area contributed by atoms with Crippen LogP contribution in [0.3, 0.4) is 0 Å². The Kier molecular flexibility index (Phi) is 5.92. The average molecular weight is 268 g/mol. The molecule has 2 atom stereocenters. The zero-order valence-electron chi connectivity index (χ0n) is 11.2. The summed E-state index contributed by atoms with van der Waals surface area (Å²) in [7, 11) is 0. The third-order valence-corrected chi connectivity index (χ3v) is 2.71. The van der Waals surface area contributed by atoms with E-state index in [1.165, 1.54) is 6.26 Å². The maximum atomic E-state index is 11.8. The van der Waals surface area contributed by atoms with Crippen molar-refractivity contribution in [2.45, 2.75) is 45.2 Å². The van der Waals surface area contributed by atoms with E-state index in [4.69, 9.17) is 9.52 Å². The van der Waals surface area contributed by atoms with Gasteiger partial charge in [0.1, 0.15) is 5.76 Å². The van der Waals surface area contributed by atoms with Crippen molar-refractivity contribution in [3.05, 3.63) is 24.2 Å². The number of amides is 2. The summed E-state index contributed by atoms with van der Waals surface area (Å²) >= 11 is 0. The van der Waals surface area contributed by atoms with Crippen LogP contribution in [-0.4, -0.2) is 23.1 Å². The van der Waals surface area contributed by atoms with Crippen LogP contribution in [0.2, 0.25) is 0 Å². The molecule has 0 saturated carbocycles. The molecule has 1 rings (SSSR count). The molecule has 0 aliphatic heterocycles. The molecule has 0 aliphatic rings. The Morgan fingerprint density at radius 1 is 1.42 bits per heavy atom. The first-order chi connectivity index (χ1) is 9.02. The topological polar surface area (TPSA) is 91.6 Å². The van der Waals surface area contributed by atoms with Crippen molar-refractivity contribution in [3.63, 3.8) is 0 Å². The summed E-state index contributed by atoms with van der Waals surface area (Å²) in [6.07, 6.45) is 2.91. The molecule has 3 N–H and O–H groups in total. The van der Waals surface area contributed by atoms with Crippen molar-refractivity contribution in [1.29, 1.82) is 0 Å². The second kappa shape index (κ2) is 7.45. The maximum absolute atomic E-state index is 11.8. The van der Waals surface area contributed by atoms with E-state index >= 15 is 0 Å². The second-order valence-electron chi connectivity index (χ2n) is 4.44. The quantitative estimate of drug-likeness (QED) is 0.707. The molecule has 106 valence electrons. The normalized spacial score (nSPS) is 13.6. The lowest BCUT2D eigenvalue weighted by Gasteiger charge is -2.18. The Hall–Kier alpha value is -1.98. The van der Waals surface area contributed by atoms with E-state index in [9.17, 15) is 9.59 Å². The number of nitrogens with one attached hydrogen (secondary N) is 2. The van der Waals surface area contributed by atoms with Gasteiger partial charge in [0.25, 0.3) is 0 Å². The first-order valence-electron chi connectivity index (χ1n) is 6.35. The molecule has 0 saturated heterocycles. The number of carboxylic acids is 1. The van der Waals surface area contributed by atoms with Crippen molar-refractivity contribution in [2.24, 2.45) is 0 Å². The van der Waals surface area contributed by atoms with Crippen LogP contribution in [0.15, 0.2) is 22.8 Å². The van der Waals surface area contributed by atoms with Crippen molar-refractivity contribution in [2.75, 3.05) is 0 Å². The number of carbonyl (C=O) groups is 2. The summed E-state index contributed by atoms with van der Waals surface area (Å²) in [6.45, 7) is 3.74. The van der Waals surface area contributed by atoms with Gasteiger partial charge >= 0.3 is 12.0 Å². The fourth-order valence-electron chi connectivity index (χ4n) is 1.82. The standard InChI is InChI=1S/C13H20N2O4/c1-3-5-10(8-12(16)17)15-13(18)14-9(2)11-6-4-7-19-11/h4,6-7,9-10H,3,5,8H2,1-2H3,(H,16,17)(H2,14,15,18). The summed E-state index contributed by atoms with van der Waals surface area (Å²) in [6, 6.07) is 2.51. The Morgan fingerprint density at radius 3 is 2.68 bits per heavy atom. The summed E-state index contributed by atoms with van der Waals surface area (Å²) in [5.41, 5.74) is 0. The van der Waals surface area contributed by atoms with E-state index in [1.807, 2.05) is 6.92 Å². The highest BCUT2D eigenvalue weighted by Gasteiger charge is 2.17. The monoisotopic (exact) mass is 268 g/mol. The first kappa shape index (κ1) is 15.1. The van der Waals surface area contributed by atoms with Gasteiger partial charge in [0.2, 0.25) is 0 Å². The number of carboxylic acid groups (broad SMARTS) is 1. The first-order valence-corrected chi connectivity index (χ1v) is 6.35. The van der Waals surface area contributed by atoms with Crippen molar-refractivity contribution in [1.82, 2.24) is 10.6 Å². The molecule has 2 unspecified atom stereocenters. The van der Waals surface area contributed by atoms with Crippen molar-refractivity contribution < 1.29 is 19.1 Å². The maximum Gasteiger partial charge on any atom is 0.315 e. The van der Waals surface area contributed by atoms with Gasteiger partial charge in [-0.25, -0.2) is 4.79 Å². The van der Waals surface area contributed by atoms with Crippen LogP contribution in [0.1, 0.15) is 44.9 Å². The van der Waals surface area contributed by atoms with E-state index in [1.54, 1.807) is 19.1 Å². The molecule has 0 aromatic carbocycles. The third kappa shape index (κ3) is 5.46. The zero-order valence-corrected chi connectivity index (χ0v) is 11.2. The molecule has 0 spiro atoms. The van der Waals surface area contributed by atoms with Crippen LogP contribution < -0.4 is 10.6 Å². The molecule has 6 heteroatoms. The van der Waals surface area contributed by atoms with E-state index in [0.29, 0.717) is 12.2 Å². The summed E-state index contributed by atoms with van der Waals surface area (Å²) < 4.78 is 5.18. The number of hydrogen-bond donors (Lipinski definition) is 3. The molecule has 1 aromatic rings. The molecule has 6 nitrogen and oxygen atoms in total. The summed E-state index contributed by atoms with van der Waals surface area (Å²) in [4.78, 5) is 22.4. The predicted octanol–water partition coefficient (Wildman–Crippen LogP) is 2.28. The smallest absolute Gasteiger partial charge is 0.315 e. The number of urea groups is 1. The molecule has 1 aromatic heterocycles. The number of rotatable bonds is 7. The Morgan fingerprint density at radius 2 is 2.16 bits per heavy atom. The molecular weight excluding hydrogens is 248 g/mol. The minimum absolute atomic E-state index is 0.0730. The minimum Gasteiger partial charge on any atom is -0.481 e. The average Bonchev–Trinajstić information content (AvgIpc) is 2.81. The zero-order chi connectivity index (χ0) is 14.3. The molecule has 0 fully saturated rings. The lowest BCUT2D eigenvalue weighted by Crippen LogP contribution is -2.43. The van der Waals surface area contributed by atoms with Gasteiger partial charge in [-0.05, 0) is 25.5 Å². The molecular formula is C13H20N2O4. The van der Waals surface area contributed by atoms with Gasteiger partial charge in [-0.2, -0.15) is 0 Å².